The van der Waals surface area contributed by atoms with E-state index in [0.717, 1.165) is 43.4 Å². The van der Waals surface area contributed by atoms with Crippen molar-refractivity contribution in [1.29, 1.82) is 0 Å². The van der Waals surface area contributed by atoms with Crippen molar-refractivity contribution < 1.29 is 14.4 Å². The monoisotopic (exact) mass is 321 g/mol. The topological polar surface area (TPSA) is 78.5 Å². The van der Waals surface area contributed by atoms with E-state index in [4.69, 9.17) is 0 Å². The molecule has 0 aromatic heterocycles. The predicted molar refractivity (Wildman–Crippen MR) is 85.6 cm³/mol. The summed E-state index contributed by atoms with van der Waals surface area (Å²) >= 11 is 0. The van der Waals surface area contributed by atoms with E-state index in [-0.39, 0.29) is 23.9 Å². The molecule has 0 aromatic carbocycles. The Balaban J connectivity index is 1.63. The summed E-state index contributed by atoms with van der Waals surface area (Å²) in [6.45, 7) is 4.03. The van der Waals surface area contributed by atoms with Crippen LogP contribution < -0.4 is 10.6 Å². The lowest BCUT2D eigenvalue weighted by Crippen LogP contribution is -2.51. The Morgan fingerprint density at radius 2 is 1.83 bits per heavy atom. The Bertz CT molecular complexity index is 517. The summed E-state index contributed by atoms with van der Waals surface area (Å²) in [6.07, 6.45) is 7.36. The van der Waals surface area contributed by atoms with E-state index >= 15 is 0 Å². The molecule has 0 aromatic rings. The number of nitrogens with zero attached hydrogens (tertiary/aromatic N) is 1. The van der Waals surface area contributed by atoms with Gasteiger partial charge in [-0.25, -0.2) is 4.79 Å². The van der Waals surface area contributed by atoms with Gasteiger partial charge in [-0.05, 0) is 51.4 Å². The Hall–Kier alpha value is -1.59. The van der Waals surface area contributed by atoms with Crippen molar-refractivity contribution in [3.8, 4) is 0 Å². The molecule has 6 heteroatoms. The van der Waals surface area contributed by atoms with Crippen LogP contribution in [0.5, 0.6) is 0 Å². The molecule has 6 nitrogen and oxygen atoms in total. The zero-order valence-electron chi connectivity index (χ0n) is 14.1. The summed E-state index contributed by atoms with van der Waals surface area (Å²) in [7, 11) is 0. The average Bonchev–Trinajstić information content (AvgIpc) is 3.00. The molecule has 2 aliphatic carbocycles. The van der Waals surface area contributed by atoms with Crippen LogP contribution in [0.1, 0.15) is 65.2 Å². The van der Waals surface area contributed by atoms with Gasteiger partial charge in [0.25, 0.3) is 5.91 Å². The fourth-order valence-corrected chi connectivity index (χ4v) is 4.21. The smallest absolute Gasteiger partial charge is 0.325 e. The largest absolute Gasteiger partial charge is 0.349 e. The Kier molecular flexibility index (Phi) is 4.10. The second-order valence-corrected chi connectivity index (χ2v) is 7.90. The van der Waals surface area contributed by atoms with Crippen LogP contribution in [0.15, 0.2) is 0 Å². The molecule has 23 heavy (non-hydrogen) atoms. The number of carbonyl (C=O) groups excluding carboxylic acids is 3. The molecule has 128 valence electrons. The standard InChI is InChI=1S/C17H27N3O3/c1-12-5-9-17(10-6-12)14(22)20(15(23)19-17)11-13(21)18-16(2)7-3-4-8-16/h12H,3-11H2,1-2H3,(H,18,21)(H,19,23). The van der Waals surface area contributed by atoms with Gasteiger partial charge in [0.15, 0.2) is 0 Å². The highest BCUT2D eigenvalue weighted by atomic mass is 16.2. The van der Waals surface area contributed by atoms with Crippen molar-refractivity contribution in [2.45, 2.75) is 76.3 Å². The van der Waals surface area contributed by atoms with Gasteiger partial charge in [-0.3, -0.25) is 14.5 Å². The molecule has 4 amide bonds. The van der Waals surface area contributed by atoms with E-state index in [1.54, 1.807) is 0 Å². The molecule has 1 saturated heterocycles. The van der Waals surface area contributed by atoms with Gasteiger partial charge in [0.05, 0.1) is 0 Å². The molecule has 0 bridgehead atoms. The number of amides is 4. The minimum atomic E-state index is -0.763. The number of rotatable bonds is 3. The molecule has 1 heterocycles. The van der Waals surface area contributed by atoms with Crippen molar-refractivity contribution in [3.05, 3.63) is 0 Å². The van der Waals surface area contributed by atoms with Gasteiger partial charge >= 0.3 is 6.03 Å². The first-order valence-electron chi connectivity index (χ1n) is 8.79. The third-order valence-electron chi connectivity index (χ3n) is 5.82. The first kappa shape index (κ1) is 16.3. The van der Waals surface area contributed by atoms with E-state index in [9.17, 15) is 14.4 Å². The van der Waals surface area contributed by atoms with Crippen molar-refractivity contribution in [3.63, 3.8) is 0 Å². The Morgan fingerprint density at radius 1 is 1.22 bits per heavy atom. The van der Waals surface area contributed by atoms with Crippen molar-refractivity contribution >= 4 is 17.8 Å². The molecule has 3 fully saturated rings. The molecule has 0 radical (unpaired) electrons. The van der Waals surface area contributed by atoms with Gasteiger partial charge < -0.3 is 10.6 Å². The van der Waals surface area contributed by atoms with Crippen LogP contribution in [-0.4, -0.2) is 40.4 Å². The lowest BCUT2D eigenvalue weighted by molar-refractivity contribution is -0.136. The summed E-state index contributed by atoms with van der Waals surface area (Å²) in [6, 6.07) is -0.420. The molecule has 3 aliphatic rings. The zero-order valence-corrected chi connectivity index (χ0v) is 14.1. The maximum Gasteiger partial charge on any atom is 0.325 e. The number of urea groups is 1. The van der Waals surface area contributed by atoms with Gasteiger partial charge in [-0.1, -0.05) is 19.8 Å². The minimum Gasteiger partial charge on any atom is -0.349 e. The second-order valence-electron chi connectivity index (χ2n) is 7.90. The van der Waals surface area contributed by atoms with Crippen LogP contribution in [0.2, 0.25) is 0 Å². The Morgan fingerprint density at radius 3 is 2.43 bits per heavy atom. The first-order valence-corrected chi connectivity index (χ1v) is 8.79. The molecule has 3 rings (SSSR count). The summed E-state index contributed by atoms with van der Waals surface area (Å²) in [5.41, 5.74) is -0.949. The van der Waals surface area contributed by atoms with E-state index < -0.39 is 11.6 Å². The van der Waals surface area contributed by atoms with Crippen LogP contribution >= 0.6 is 0 Å². The van der Waals surface area contributed by atoms with E-state index in [1.807, 2.05) is 6.92 Å². The summed E-state index contributed by atoms with van der Waals surface area (Å²) in [5, 5.41) is 5.86. The van der Waals surface area contributed by atoms with Gasteiger partial charge in [-0.2, -0.15) is 0 Å². The lowest BCUT2D eigenvalue weighted by Gasteiger charge is -2.33. The highest BCUT2D eigenvalue weighted by Gasteiger charge is 2.52. The number of carbonyl (C=O) groups is 3. The quantitative estimate of drug-likeness (QED) is 0.780. The Labute approximate surface area is 137 Å². The van der Waals surface area contributed by atoms with Gasteiger partial charge in [0.1, 0.15) is 12.1 Å². The predicted octanol–water partition coefficient (Wildman–Crippen LogP) is 1.94. The van der Waals surface area contributed by atoms with E-state index in [1.165, 1.54) is 0 Å². The third-order valence-corrected chi connectivity index (χ3v) is 5.82. The molecule has 0 unspecified atom stereocenters. The molecule has 2 N–H and O–H groups in total. The second kappa shape index (κ2) is 5.80. The SMILES string of the molecule is CC1CCC2(CC1)NC(=O)N(CC(=O)NC1(C)CCCC1)C2=O. The fraction of sp³-hybridized carbons (Fsp3) is 0.824. The normalized spacial score (nSPS) is 33.1. The van der Waals surface area contributed by atoms with E-state index in [2.05, 4.69) is 17.6 Å². The fourth-order valence-electron chi connectivity index (χ4n) is 4.21. The highest BCUT2D eigenvalue weighted by molar-refractivity contribution is 6.09. The molecule has 0 atom stereocenters. The van der Waals surface area contributed by atoms with Crippen LogP contribution in [0.3, 0.4) is 0 Å². The van der Waals surface area contributed by atoms with Crippen LogP contribution in [0, 0.1) is 5.92 Å². The lowest BCUT2D eigenvalue weighted by atomic mass is 9.77. The summed E-state index contributed by atoms with van der Waals surface area (Å²) < 4.78 is 0. The number of hydrogen-bond acceptors (Lipinski definition) is 3. The van der Waals surface area contributed by atoms with E-state index in [0.29, 0.717) is 18.8 Å². The molecule has 1 aliphatic heterocycles. The van der Waals surface area contributed by atoms with Crippen LogP contribution in [0.25, 0.3) is 0 Å². The minimum absolute atomic E-state index is 0.169. The van der Waals surface area contributed by atoms with Crippen LogP contribution in [-0.2, 0) is 9.59 Å². The summed E-state index contributed by atoms with van der Waals surface area (Å²) in [5.74, 6) is 0.130. The molecule has 1 spiro atoms. The highest BCUT2D eigenvalue weighted by Crippen LogP contribution is 2.36. The molecular weight excluding hydrogens is 294 g/mol. The maximum absolute atomic E-state index is 12.7. The van der Waals surface area contributed by atoms with Crippen LogP contribution in [0.4, 0.5) is 4.79 Å². The average molecular weight is 321 g/mol. The maximum atomic E-state index is 12.7. The first-order chi connectivity index (χ1) is 10.8. The molecule has 2 saturated carbocycles. The van der Waals surface area contributed by atoms with Gasteiger partial charge in [0, 0.05) is 5.54 Å². The summed E-state index contributed by atoms with van der Waals surface area (Å²) in [4.78, 5) is 38.3. The zero-order chi connectivity index (χ0) is 16.7. The van der Waals surface area contributed by atoms with Gasteiger partial charge in [-0.15, -0.1) is 0 Å². The third kappa shape index (κ3) is 3.08. The number of nitrogens with one attached hydrogen (secondary N) is 2. The van der Waals surface area contributed by atoms with Crippen molar-refractivity contribution in [2.24, 2.45) is 5.92 Å². The number of imide groups is 1. The molecular formula is C17H27N3O3. The van der Waals surface area contributed by atoms with Crippen molar-refractivity contribution in [1.82, 2.24) is 15.5 Å². The van der Waals surface area contributed by atoms with Crippen molar-refractivity contribution in [2.75, 3.05) is 6.54 Å². The van der Waals surface area contributed by atoms with Gasteiger partial charge in [0.2, 0.25) is 5.91 Å². The number of hydrogen-bond donors (Lipinski definition) is 2.